The summed E-state index contributed by atoms with van der Waals surface area (Å²) < 4.78 is 11.4. The first-order chi connectivity index (χ1) is 9.32. The average Bonchev–Trinajstić information content (AvgIpc) is 3.04. The quantitative estimate of drug-likeness (QED) is 0.729. The molecule has 1 aliphatic heterocycles. The van der Waals surface area contributed by atoms with E-state index in [0.717, 1.165) is 12.2 Å². The van der Waals surface area contributed by atoms with Crippen molar-refractivity contribution in [3.8, 4) is 5.75 Å². The van der Waals surface area contributed by atoms with Crippen molar-refractivity contribution in [1.82, 2.24) is 0 Å². The predicted molar refractivity (Wildman–Crippen MR) is 83.7 cm³/mol. The zero-order valence-corrected chi connectivity index (χ0v) is 13.7. The lowest BCUT2D eigenvalue weighted by molar-refractivity contribution is 0.329. The molecule has 1 heterocycles. The van der Waals surface area contributed by atoms with Crippen LogP contribution in [-0.4, -0.2) is 18.8 Å². The SMILES string of the molecule is CCOc1ccc(C(C)(C)C)cc1C(C)CC1OC1C. The van der Waals surface area contributed by atoms with Crippen molar-refractivity contribution >= 4 is 0 Å². The Labute approximate surface area is 123 Å². The van der Waals surface area contributed by atoms with Gasteiger partial charge < -0.3 is 9.47 Å². The summed E-state index contributed by atoms with van der Waals surface area (Å²) in [5.74, 6) is 1.50. The molecule has 20 heavy (non-hydrogen) atoms. The largest absolute Gasteiger partial charge is 0.494 e. The van der Waals surface area contributed by atoms with Gasteiger partial charge in [-0.2, -0.15) is 0 Å². The minimum Gasteiger partial charge on any atom is -0.494 e. The Morgan fingerprint density at radius 2 is 1.95 bits per heavy atom. The molecule has 0 amide bonds. The van der Waals surface area contributed by atoms with Crippen LogP contribution in [0.25, 0.3) is 0 Å². The van der Waals surface area contributed by atoms with Crippen molar-refractivity contribution in [2.75, 3.05) is 6.61 Å². The van der Waals surface area contributed by atoms with Gasteiger partial charge in [-0.25, -0.2) is 0 Å². The maximum Gasteiger partial charge on any atom is 0.122 e. The molecule has 1 aliphatic rings. The molecule has 3 unspecified atom stereocenters. The molecule has 1 aromatic carbocycles. The Kier molecular flexibility index (Phi) is 4.43. The number of rotatable bonds is 5. The van der Waals surface area contributed by atoms with Gasteiger partial charge in [0.15, 0.2) is 0 Å². The topological polar surface area (TPSA) is 21.8 Å². The molecule has 3 atom stereocenters. The maximum absolute atomic E-state index is 5.81. The van der Waals surface area contributed by atoms with Gasteiger partial charge in [0.05, 0.1) is 18.8 Å². The summed E-state index contributed by atoms with van der Waals surface area (Å²) >= 11 is 0. The highest BCUT2D eigenvalue weighted by Gasteiger charge is 2.36. The Morgan fingerprint density at radius 3 is 2.45 bits per heavy atom. The summed E-state index contributed by atoms with van der Waals surface area (Å²) in [6, 6.07) is 6.65. The number of hydrogen-bond donors (Lipinski definition) is 0. The summed E-state index contributed by atoms with van der Waals surface area (Å²) in [6.45, 7) is 13.9. The fraction of sp³-hybridized carbons (Fsp3) is 0.667. The van der Waals surface area contributed by atoms with E-state index in [1.54, 1.807) is 0 Å². The molecule has 2 heteroatoms. The van der Waals surface area contributed by atoms with Gasteiger partial charge in [-0.1, -0.05) is 39.8 Å². The zero-order valence-electron chi connectivity index (χ0n) is 13.7. The molecular formula is C18H28O2. The van der Waals surface area contributed by atoms with Crippen LogP contribution in [0.2, 0.25) is 0 Å². The molecule has 0 aliphatic carbocycles. The van der Waals surface area contributed by atoms with Crippen molar-refractivity contribution in [1.29, 1.82) is 0 Å². The van der Waals surface area contributed by atoms with E-state index >= 15 is 0 Å². The molecule has 112 valence electrons. The first-order valence-corrected chi connectivity index (χ1v) is 7.75. The maximum atomic E-state index is 5.81. The number of benzene rings is 1. The van der Waals surface area contributed by atoms with Gasteiger partial charge in [-0.3, -0.25) is 0 Å². The van der Waals surface area contributed by atoms with Gasteiger partial charge >= 0.3 is 0 Å². The van der Waals surface area contributed by atoms with Gasteiger partial charge in [-0.15, -0.1) is 0 Å². The van der Waals surface area contributed by atoms with Gasteiger partial charge in [0.25, 0.3) is 0 Å². The summed E-state index contributed by atoms with van der Waals surface area (Å²) in [7, 11) is 0. The molecule has 2 nitrogen and oxygen atoms in total. The fourth-order valence-electron chi connectivity index (χ4n) is 2.64. The number of epoxide rings is 1. The molecule has 1 fully saturated rings. The molecule has 0 spiro atoms. The fourth-order valence-corrected chi connectivity index (χ4v) is 2.64. The lowest BCUT2D eigenvalue weighted by atomic mass is 9.83. The standard InChI is InChI=1S/C18H28O2/c1-7-19-16-9-8-14(18(4,5)6)11-15(16)12(2)10-17-13(3)20-17/h8-9,11-13,17H,7,10H2,1-6H3. The Hall–Kier alpha value is -1.02. The first-order valence-electron chi connectivity index (χ1n) is 7.75. The van der Waals surface area contributed by atoms with E-state index < -0.39 is 0 Å². The number of hydrogen-bond acceptors (Lipinski definition) is 2. The molecule has 1 saturated heterocycles. The molecule has 0 radical (unpaired) electrons. The summed E-state index contributed by atoms with van der Waals surface area (Å²) in [4.78, 5) is 0. The normalized spacial score (nSPS) is 23.5. The lowest BCUT2D eigenvalue weighted by Gasteiger charge is -2.23. The molecule has 0 bridgehead atoms. The highest BCUT2D eigenvalue weighted by Crippen LogP contribution is 2.38. The number of ether oxygens (including phenoxy) is 2. The Balaban J connectivity index is 2.25. The van der Waals surface area contributed by atoms with Crippen molar-refractivity contribution < 1.29 is 9.47 Å². The minimum absolute atomic E-state index is 0.169. The van der Waals surface area contributed by atoms with Gasteiger partial charge in [0.1, 0.15) is 5.75 Å². The summed E-state index contributed by atoms with van der Waals surface area (Å²) in [6.07, 6.45) is 1.94. The van der Waals surface area contributed by atoms with Crippen molar-refractivity contribution in [3.05, 3.63) is 29.3 Å². The predicted octanol–water partition coefficient (Wildman–Crippen LogP) is 4.66. The minimum atomic E-state index is 0.169. The molecular weight excluding hydrogens is 248 g/mol. The zero-order chi connectivity index (χ0) is 14.9. The van der Waals surface area contributed by atoms with Crippen LogP contribution >= 0.6 is 0 Å². The Bertz CT molecular complexity index is 459. The van der Waals surface area contributed by atoms with Crippen molar-refractivity contribution in [2.24, 2.45) is 0 Å². The second-order valence-corrected chi connectivity index (χ2v) is 6.95. The van der Waals surface area contributed by atoms with Crippen LogP contribution in [0, 0.1) is 0 Å². The van der Waals surface area contributed by atoms with Crippen LogP contribution in [0.15, 0.2) is 18.2 Å². The van der Waals surface area contributed by atoms with Crippen LogP contribution < -0.4 is 4.74 Å². The van der Waals surface area contributed by atoms with Gasteiger partial charge in [0.2, 0.25) is 0 Å². The van der Waals surface area contributed by atoms with Gasteiger partial charge in [-0.05, 0) is 48.8 Å². The van der Waals surface area contributed by atoms with Crippen LogP contribution in [0.3, 0.4) is 0 Å². The van der Waals surface area contributed by atoms with E-state index in [0.29, 0.717) is 24.7 Å². The van der Waals surface area contributed by atoms with Crippen LogP contribution in [-0.2, 0) is 10.2 Å². The molecule has 2 rings (SSSR count). The summed E-state index contributed by atoms with van der Waals surface area (Å²) in [5.41, 5.74) is 2.86. The van der Waals surface area contributed by atoms with E-state index in [-0.39, 0.29) is 5.41 Å². The molecule has 1 aromatic rings. The monoisotopic (exact) mass is 276 g/mol. The third kappa shape index (κ3) is 3.54. The van der Waals surface area contributed by atoms with E-state index in [4.69, 9.17) is 9.47 Å². The van der Waals surface area contributed by atoms with Crippen molar-refractivity contribution in [2.45, 2.75) is 71.5 Å². The second kappa shape index (κ2) is 5.77. The van der Waals surface area contributed by atoms with Crippen molar-refractivity contribution in [3.63, 3.8) is 0 Å². The van der Waals surface area contributed by atoms with E-state index in [2.05, 4.69) is 52.8 Å². The second-order valence-electron chi connectivity index (χ2n) is 6.95. The third-order valence-corrected chi connectivity index (χ3v) is 4.13. The van der Waals surface area contributed by atoms with Gasteiger partial charge in [0, 0.05) is 0 Å². The van der Waals surface area contributed by atoms with E-state index in [1.165, 1.54) is 11.1 Å². The third-order valence-electron chi connectivity index (χ3n) is 4.13. The lowest BCUT2D eigenvalue weighted by Crippen LogP contribution is -2.13. The molecule has 0 N–H and O–H groups in total. The molecule has 0 saturated carbocycles. The van der Waals surface area contributed by atoms with Crippen LogP contribution in [0.4, 0.5) is 0 Å². The first kappa shape index (κ1) is 15.4. The summed E-state index contributed by atoms with van der Waals surface area (Å²) in [5, 5.41) is 0. The molecule has 0 aromatic heterocycles. The average molecular weight is 276 g/mol. The van der Waals surface area contributed by atoms with E-state index in [1.807, 2.05) is 6.92 Å². The highest BCUT2D eigenvalue weighted by molar-refractivity contribution is 5.42. The van der Waals surface area contributed by atoms with Crippen LogP contribution in [0.1, 0.15) is 65.0 Å². The highest BCUT2D eigenvalue weighted by atomic mass is 16.6. The van der Waals surface area contributed by atoms with Crippen LogP contribution in [0.5, 0.6) is 5.75 Å². The Morgan fingerprint density at radius 1 is 1.30 bits per heavy atom. The van der Waals surface area contributed by atoms with E-state index in [9.17, 15) is 0 Å². The smallest absolute Gasteiger partial charge is 0.122 e.